The molecular weight excluding hydrogens is 391 g/mol. The first-order valence-corrected chi connectivity index (χ1v) is 14.7. The van der Waals surface area contributed by atoms with E-state index in [1.807, 2.05) is 0 Å². The van der Waals surface area contributed by atoms with Crippen LogP contribution in [0.5, 0.6) is 0 Å². The fourth-order valence-corrected chi connectivity index (χ4v) is 7.51. The summed E-state index contributed by atoms with van der Waals surface area (Å²) in [5.41, 5.74) is 6.61. The van der Waals surface area contributed by atoms with E-state index in [2.05, 4.69) is 71.0 Å². The summed E-state index contributed by atoms with van der Waals surface area (Å²) in [4.78, 5) is 0. The van der Waals surface area contributed by atoms with Gasteiger partial charge in [-0.3, -0.25) is 0 Å². The molecule has 0 amide bonds. The maximum absolute atomic E-state index is 2.57. The zero-order valence-corrected chi connectivity index (χ0v) is 22.0. The van der Waals surface area contributed by atoms with Crippen molar-refractivity contribution in [3.05, 3.63) is 58.7 Å². The van der Waals surface area contributed by atoms with Crippen molar-refractivity contribution in [2.45, 2.75) is 112 Å². The minimum absolute atomic E-state index is 0.277. The van der Waals surface area contributed by atoms with Crippen molar-refractivity contribution in [2.24, 2.45) is 0 Å². The summed E-state index contributed by atoms with van der Waals surface area (Å²) in [6.07, 6.45) is 16.9. The maximum Gasteiger partial charge on any atom is -0.0160 e. The van der Waals surface area contributed by atoms with Gasteiger partial charge in [0.25, 0.3) is 0 Å². The number of benzene rings is 2. The fraction of sp³-hybridized carbons (Fsp3) is 0.600. The van der Waals surface area contributed by atoms with Gasteiger partial charge in [0.2, 0.25) is 0 Å². The molecule has 0 aliphatic rings. The highest BCUT2D eigenvalue weighted by Crippen LogP contribution is 2.39. The standard InChI is InChI=1S/C30H47P/c1-6-10-16-24-31(29-21-15-14-17-25(29)5)30-23-22-26(18-11-7-2)27(19-12-8-3)28(30)20-13-9-4/h14-15,17,21-23H,6-13,16,18-20,24H2,1-5H3. The second-order valence-electron chi connectivity index (χ2n) is 9.16. The van der Waals surface area contributed by atoms with E-state index in [0.717, 1.165) is 0 Å². The molecule has 0 aromatic heterocycles. The van der Waals surface area contributed by atoms with E-state index in [0.29, 0.717) is 0 Å². The van der Waals surface area contributed by atoms with Crippen molar-refractivity contribution in [3.8, 4) is 0 Å². The van der Waals surface area contributed by atoms with Crippen LogP contribution in [0.2, 0.25) is 0 Å². The van der Waals surface area contributed by atoms with Crippen molar-refractivity contribution in [3.63, 3.8) is 0 Å². The van der Waals surface area contributed by atoms with Gasteiger partial charge in [-0.25, -0.2) is 0 Å². The smallest absolute Gasteiger partial charge is 0.0160 e. The van der Waals surface area contributed by atoms with E-state index < -0.39 is 0 Å². The molecule has 1 unspecified atom stereocenters. The molecule has 0 N–H and O–H groups in total. The Balaban J connectivity index is 2.59. The van der Waals surface area contributed by atoms with E-state index in [4.69, 9.17) is 0 Å². The number of aryl methyl sites for hydroxylation is 2. The lowest BCUT2D eigenvalue weighted by molar-refractivity contribution is 0.737. The molecule has 0 radical (unpaired) electrons. The van der Waals surface area contributed by atoms with Gasteiger partial charge in [-0.2, -0.15) is 0 Å². The molecule has 0 spiro atoms. The molecule has 0 heterocycles. The quantitative estimate of drug-likeness (QED) is 0.193. The monoisotopic (exact) mass is 438 g/mol. The van der Waals surface area contributed by atoms with Crippen LogP contribution in [0.1, 0.15) is 108 Å². The predicted molar refractivity (Wildman–Crippen MR) is 144 cm³/mol. The third-order valence-corrected chi connectivity index (χ3v) is 9.39. The van der Waals surface area contributed by atoms with Crippen LogP contribution in [0.3, 0.4) is 0 Å². The zero-order valence-electron chi connectivity index (χ0n) is 21.1. The van der Waals surface area contributed by atoms with Crippen molar-refractivity contribution in [1.29, 1.82) is 0 Å². The van der Waals surface area contributed by atoms with Gasteiger partial charge >= 0.3 is 0 Å². The van der Waals surface area contributed by atoms with Gasteiger partial charge in [-0.05, 0) is 98.8 Å². The molecular formula is C30H47P. The summed E-state index contributed by atoms with van der Waals surface area (Å²) in [5, 5.41) is 3.33. The van der Waals surface area contributed by atoms with Gasteiger partial charge in [0, 0.05) is 0 Å². The van der Waals surface area contributed by atoms with Crippen molar-refractivity contribution in [2.75, 3.05) is 6.16 Å². The maximum atomic E-state index is 2.57. The lowest BCUT2D eigenvalue weighted by Gasteiger charge is -2.27. The Kier molecular flexibility index (Phi) is 12.5. The van der Waals surface area contributed by atoms with Gasteiger partial charge in [0.1, 0.15) is 0 Å². The summed E-state index contributed by atoms with van der Waals surface area (Å²) in [6.45, 7) is 11.7. The third-order valence-electron chi connectivity index (χ3n) is 6.55. The Morgan fingerprint density at radius 1 is 0.581 bits per heavy atom. The zero-order chi connectivity index (χ0) is 22.5. The number of unbranched alkanes of at least 4 members (excludes halogenated alkanes) is 5. The van der Waals surface area contributed by atoms with E-state index in [9.17, 15) is 0 Å². The van der Waals surface area contributed by atoms with Crippen molar-refractivity contribution < 1.29 is 0 Å². The van der Waals surface area contributed by atoms with Crippen LogP contribution in [0.15, 0.2) is 36.4 Å². The highest BCUT2D eigenvalue weighted by atomic mass is 31.1. The van der Waals surface area contributed by atoms with Gasteiger partial charge in [0.05, 0.1) is 0 Å². The molecule has 2 rings (SSSR count). The average Bonchev–Trinajstić information content (AvgIpc) is 2.79. The summed E-state index contributed by atoms with van der Waals surface area (Å²) in [6, 6.07) is 14.3. The summed E-state index contributed by atoms with van der Waals surface area (Å²) < 4.78 is 0. The lowest BCUT2D eigenvalue weighted by atomic mass is 9.91. The van der Waals surface area contributed by atoms with Crippen LogP contribution < -0.4 is 10.6 Å². The second kappa shape index (κ2) is 14.8. The second-order valence-corrected chi connectivity index (χ2v) is 11.4. The first-order chi connectivity index (χ1) is 15.2. The summed E-state index contributed by atoms with van der Waals surface area (Å²) >= 11 is 0. The Bertz CT molecular complexity index is 761. The SMILES string of the molecule is CCCCCP(c1ccccc1C)c1ccc(CCCC)c(CCCC)c1CCCC. The molecule has 0 aliphatic heterocycles. The lowest BCUT2D eigenvalue weighted by Crippen LogP contribution is -2.22. The van der Waals surface area contributed by atoms with Gasteiger partial charge in [-0.1, -0.05) is 96.2 Å². The molecule has 1 atom stereocenters. The first-order valence-electron chi connectivity index (χ1n) is 13.1. The highest BCUT2D eigenvalue weighted by molar-refractivity contribution is 7.73. The van der Waals surface area contributed by atoms with Gasteiger partial charge in [0.15, 0.2) is 0 Å². The van der Waals surface area contributed by atoms with Gasteiger partial charge < -0.3 is 0 Å². The largest absolute Gasteiger partial charge is 0.0654 e. The van der Waals surface area contributed by atoms with E-state index in [1.54, 1.807) is 27.3 Å². The molecule has 0 nitrogen and oxygen atoms in total. The van der Waals surface area contributed by atoms with Crippen LogP contribution in [-0.2, 0) is 19.3 Å². The fourth-order valence-electron chi connectivity index (χ4n) is 4.64. The third kappa shape index (κ3) is 7.75. The molecule has 0 aliphatic carbocycles. The highest BCUT2D eigenvalue weighted by Gasteiger charge is 2.22. The van der Waals surface area contributed by atoms with Crippen LogP contribution >= 0.6 is 7.92 Å². The van der Waals surface area contributed by atoms with Crippen LogP contribution in [-0.4, -0.2) is 6.16 Å². The molecule has 0 bridgehead atoms. The van der Waals surface area contributed by atoms with Crippen molar-refractivity contribution >= 4 is 18.5 Å². The molecule has 0 saturated carbocycles. The Morgan fingerprint density at radius 2 is 1.19 bits per heavy atom. The van der Waals surface area contributed by atoms with E-state index in [1.165, 1.54) is 88.8 Å². The number of rotatable bonds is 15. The molecule has 0 fully saturated rings. The predicted octanol–water partition coefficient (Wildman–Crippen LogP) is 8.65. The first kappa shape index (κ1) is 26.1. The van der Waals surface area contributed by atoms with Crippen LogP contribution in [0.25, 0.3) is 0 Å². The Labute approximate surface area is 195 Å². The number of hydrogen-bond acceptors (Lipinski definition) is 0. The van der Waals surface area contributed by atoms with Crippen LogP contribution in [0, 0.1) is 6.92 Å². The topological polar surface area (TPSA) is 0 Å². The van der Waals surface area contributed by atoms with Crippen molar-refractivity contribution in [1.82, 2.24) is 0 Å². The Hall–Kier alpha value is -1.13. The van der Waals surface area contributed by atoms with E-state index in [-0.39, 0.29) is 7.92 Å². The van der Waals surface area contributed by atoms with E-state index >= 15 is 0 Å². The van der Waals surface area contributed by atoms with Crippen LogP contribution in [0.4, 0.5) is 0 Å². The molecule has 1 heteroatoms. The molecule has 0 saturated heterocycles. The summed E-state index contributed by atoms with van der Waals surface area (Å²) in [7, 11) is -0.277. The summed E-state index contributed by atoms with van der Waals surface area (Å²) in [5.74, 6) is 0. The number of hydrogen-bond donors (Lipinski definition) is 0. The molecule has 172 valence electrons. The van der Waals surface area contributed by atoms with Gasteiger partial charge in [-0.15, -0.1) is 0 Å². The minimum atomic E-state index is -0.277. The normalized spacial score (nSPS) is 12.3. The Morgan fingerprint density at radius 3 is 1.84 bits per heavy atom. The minimum Gasteiger partial charge on any atom is -0.0654 e. The molecule has 2 aromatic carbocycles. The average molecular weight is 439 g/mol. The molecule has 2 aromatic rings. The molecule has 31 heavy (non-hydrogen) atoms.